The SMILES string of the molecule is O=C(NC1[C@H]2CN(C(=O)c3cc4cc(Br)cnc4s3)C[C@@H]12)c1cccc2[nH]c(C(F)(F)F)nc12. The molecule has 4 heterocycles. The molecule has 34 heavy (non-hydrogen) atoms. The van der Waals surface area contributed by atoms with Gasteiger partial charge in [-0.1, -0.05) is 6.07 Å². The monoisotopic (exact) mass is 549 g/mol. The van der Waals surface area contributed by atoms with Crippen LogP contribution < -0.4 is 5.32 Å². The minimum Gasteiger partial charge on any atom is -0.349 e. The molecule has 0 bridgehead atoms. The smallest absolute Gasteiger partial charge is 0.349 e. The second-order valence-electron chi connectivity index (χ2n) is 8.48. The van der Waals surface area contributed by atoms with Crippen LogP contribution in [0, 0.1) is 11.8 Å². The highest BCUT2D eigenvalue weighted by Crippen LogP contribution is 2.46. The van der Waals surface area contributed by atoms with E-state index in [1.807, 2.05) is 12.1 Å². The molecule has 2 aliphatic rings. The Bertz CT molecular complexity index is 1470. The van der Waals surface area contributed by atoms with E-state index in [0.717, 1.165) is 14.7 Å². The lowest BCUT2D eigenvalue weighted by Gasteiger charge is -2.19. The number of aromatic nitrogens is 3. The van der Waals surface area contributed by atoms with Crippen LogP contribution in [-0.4, -0.2) is 50.8 Å². The van der Waals surface area contributed by atoms with E-state index < -0.39 is 17.9 Å². The van der Waals surface area contributed by atoms with Crippen molar-refractivity contribution in [2.75, 3.05) is 13.1 Å². The molecule has 2 N–H and O–H groups in total. The van der Waals surface area contributed by atoms with Gasteiger partial charge in [-0.2, -0.15) is 13.2 Å². The van der Waals surface area contributed by atoms with Gasteiger partial charge in [0.05, 0.1) is 16.0 Å². The predicted octanol–water partition coefficient (Wildman–Crippen LogP) is 4.45. The van der Waals surface area contributed by atoms with Crippen molar-refractivity contribution in [2.24, 2.45) is 11.8 Å². The molecule has 1 unspecified atom stereocenters. The number of alkyl halides is 3. The van der Waals surface area contributed by atoms with E-state index >= 15 is 0 Å². The van der Waals surface area contributed by atoms with E-state index in [0.29, 0.717) is 18.0 Å². The standard InChI is InChI=1S/C22H15BrF3N5O2S/c23-10-4-9-5-15(34-19(9)27-6-10)20(33)31-7-12-13(8-31)16(12)29-18(32)11-2-1-3-14-17(11)30-21(28-14)22(24,25)26/h1-6,12-13,16H,7-8H2,(H,28,30)(H,29,32)/t12-,13+,16?. The average Bonchev–Trinajstić information content (AvgIpc) is 3.26. The molecule has 174 valence electrons. The lowest BCUT2D eigenvalue weighted by molar-refractivity contribution is -0.144. The molecular formula is C22H15BrF3N5O2S. The lowest BCUT2D eigenvalue weighted by Crippen LogP contribution is -2.37. The number of para-hydroxylation sites is 1. The Labute approximate surface area is 202 Å². The maximum absolute atomic E-state index is 13.0. The van der Waals surface area contributed by atoms with Gasteiger partial charge < -0.3 is 15.2 Å². The molecule has 4 aromatic rings. The first-order chi connectivity index (χ1) is 16.2. The van der Waals surface area contributed by atoms with Crippen LogP contribution >= 0.6 is 27.3 Å². The molecule has 12 heteroatoms. The Morgan fingerprint density at radius 3 is 2.71 bits per heavy atom. The number of nitrogens with one attached hydrogen (secondary N) is 2. The third-order valence-corrected chi connectivity index (χ3v) is 7.83. The molecule has 1 saturated carbocycles. The fraction of sp³-hybridized carbons (Fsp3) is 0.273. The van der Waals surface area contributed by atoms with Crippen molar-refractivity contribution in [3.05, 3.63) is 57.3 Å². The van der Waals surface area contributed by atoms with Gasteiger partial charge >= 0.3 is 6.18 Å². The molecule has 2 amide bonds. The van der Waals surface area contributed by atoms with Crippen LogP contribution in [-0.2, 0) is 6.18 Å². The predicted molar refractivity (Wildman–Crippen MR) is 123 cm³/mol. The summed E-state index contributed by atoms with van der Waals surface area (Å²) in [5.41, 5.74) is 0.226. The molecule has 1 aliphatic heterocycles. The number of amides is 2. The van der Waals surface area contributed by atoms with Crippen LogP contribution in [0.15, 0.2) is 41.0 Å². The van der Waals surface area contributed by atoms with Crippen LogP contribution in [0.1, 0.15) is 25.9 Å². The van der Waals surface area contributed by atoms with Crippen molar-refractivity contribution in [1.29, 1.82) is 0 Å². The maximum Gasteiger partial charge on any atom is 0.449 e. The molecule has 0 spiro atoms. The number of nitrogens with zero attached hydrogens (tertiary/aromatic N) is 3. The van der Waals surface area contributed by atoms with Crippen LogP contribution in [0.25, 0.3) is 21.3 Å². The summed E-state index contributed by atoms with van der Waals surface area (Å²) in [6.07, 6.45) is -2.93. The summed E-state index contributed by atoms with van der Waals surface area (Å²) in [4.78, 5) is 39.1. The summed E-state index contributed by atoms with van der Waals surface area (Å²) in [6.45, 7) is 1.04. The van der Waals surface area contributed by atoms with E-state index in [1.54, 1.807) is 11.1 Å². The number of thiophene rings is 1. The van der Waals surface area contributed by atoms with Crippen LogP contribution in [0.3, 0.4) is 0 Å². The summed E-state index contributed by atoms with van der Waals surface area (Å²) >= 11 is 4.73. The highest BCUT2D eigenvalue weighted by molar-refractivity contribution is 9.10. The van der Waals surface area contributed by atoms with Crippen LogP contribution in [0.4, 0.5) is 13.2 Å². The van der Waals surface area contributed by atoms with Gasteiger partial charge in [-0.25, -0.2) is 9.97 Å². The van der Waals surface area contributed by atoms with Crippen LogP contribution in [0.2, 0.25) is 0 Å². The van der Waals surface area contributed by atoms with Gasteiger partial charge in [0, 0.05) is 47.0 Å². The Morgan fingerprint density at radius 1 is 1.21 bits per heavy atom. The zero-order valence-corrected chi connectivity index (χ0v) is 19.6. The van der Waals surface area contributed by atoms with E-state index in [2.05, 4.69) is 36.2 Å². The van der Waals surface area contributed by atoms with Crippen LogP contribution in [0.5, 0.6) is 0 Å². The van der Waals surface area contributed by atoms with Gasteiger partial charge in [-0.15, -0.1) is 11.3 Å². The number of aromatic amines is 1. The average molecular weight is 550 g/mol. The van der Waals surface area contributed by atoms with E-state index in [1.165, 1.54) is 29.5 Å². The van der Waals surface area contributed by atoms with Crippen molar-refractivity contribution < 1.29 is 22.8 Å². The number of fused-ring (bicyclic) bond motifs is 3. The second kappa shape index (κ2) is 7.51. The molecule has 7 nitrogen and oxygen atoms in total. The summed E-state index contributed by atoms with van der Waals surface area (Å²) in [6, 6.07) is 8.06. The lowest BCUT2D eigenvalue weighted by atomic mass is 10.1. The number of carbonyl (C=O) groups is 2. The summed E-state index contributed by atoms with van der Waals surface area (Å²) in [5, 5.41) is 3.82. The van der Waals surface area contributed by atoms with E-state index in [-0.39, 0.29) is 40.4 Å². The minimum atomic E-state index is -4.63. The third-order valence-electron chi connectivity index (χ3n) is 6.35. The maximum atomic E-state index is 13.0. The Morgan fingerprint density at radius 2 is 1.97 bits per heavy atom. The zero-order valence-electron chi connectivity index (χ0n) is 17.2. The van der Waals surface area contributed by atoms with E-state index in [4.69, 9.17) is 0 Å². The zero-order chi connectivity index (χ0) is 23.8. The van der Waals surface area contributed by atoms with Crippen molar-refractivity contribution in [3.8, 4) is 0 Å². The van der Waals surface area contributed by atoms with Crippen molar-refractivity contribution in [2.45, 2.75) is 12.2 Å². The Balaban J connectivity index is 1.13. The molecule has 1 aromatic carbocycles. The van der Waals surface area contributed by atoms with Gasteiger partial charge in [-0.05, 0) is 40.2 Å². The van der Waals surface area contributed by atoms with Crippen molar-refractivity contribution in [1.82, 2.24) is 25.2 Å². The number of H-pyrrole nitrogens is 1. The first-order valence-electron chi connectivity index (χ1n) is 10.4. The molecule has 3 aromatic heterocycles. The normalized spacial score (nSPS) is 21.8. The number of halogens is 4. The number of likely N-dealkylation sites (tertiary alicyclic amines) is 1. The fourth-order valence-corrected chi connectivity index (χ4v) is 5.95. The Hall–Kier alpha value is -2.99. The topological polar surface area (TPSA) is 91.0 Å². The first-order valence-corrected chi connectivity index (χ1v) is 12.0. The number of imidazole rings is 1. The quantitative estimate of drug-likeness (QED) is 0.395. The fourth-order valence-electron chi connectivity index (χ4n) is 4.65. The highest BCUT2D eigenvalue weighted by Gasteiger charge is 2.57. The molecule has 3 atom stereocenters. The molecule has 1 aliphatic carbocycles. The molecule has 0 radical (unpaired) electrons. The number of benzene rings is 1. The minimum absolute atomic E-state index is 0.0139. The van der Waals surface area contributed by atoms with Gasteiger partial charge in [0.25, 0.3) is 11.8 Å². The summed E-state index contributed by atoms with van der Waals surface area (Å²) < 4.78 is 39.9. The number of pyridine rings is 1. The van der Waals surface area contributed by atoms with Gasteiger partial charge in [0.15, 0.2) is 0 Å². The molecule has 6 rings (SSSR count). The number of hydrogen-bond donors (Lipinski definition) is 2. The number of piperidine rings is 1. The summed E-state index contributed by atoms with van der Waals surface area (Å²) in [5.74, 6) is -1.41. The molecule has 2 fully saturated rings. The van der Waals surface area contributed by atoms with Gasteiger partial charge in [0.2, 0.25) is 5.82 Å². The van der Waals surface area contributed by atoms with Crippen molar-refractivity contribution >= 4 is 60.3 Å². The van der Waals surface area contributed by atoms with Gasteiger partial charge in [0.1, 0.15) is 10.3 Å². The highest BCUT2D eigenvalue weighted by atomic mass is 79.9. The largest absolute Gasteiger partial charge is 0.449 e. The molecule has 1 saturated heterocycles. The second-order valence-corrected chi connectivity index (χ2v) is 10.4. The summed E-state index contributed by atoms with van der Waals surface area (Å²) in [7, 11) is 0. The first kappa shape index (κ1) is 21.5. The number of rotatable bonds is 3. The van der Waals surface area contributed by atoms with E-state index in [9.17, 15) is 22.8 Å². The third kappa shape index (κ3) is 3.56. The molecular weight excluding hydrogens is 535 g/mol. The Kier molecular flexibility index (Phi) is 4.75. The number of hydrogen-bond acceptors (Lipinski definition) is 5. The van der Waals surface area contributed by atoms with Crippen molar-refractivity contribution in [3.63, 3.8) is 0 Å². The number of carbonyl (C=O) groups excluding carboxylic acids is 2. The van der Waals surface area contributed by atoms with Gasteiger partial charge in [-0.3, -0.25) is 9.59 Å².